The molecule has 3 rings (SSSR count). The maximum absolute atomic E-state index is 12.8. The largest absolute Gasteiger partial charge is 0.288 e. The van der Waals surface area contributed by atoms with Gasteiger partial charge in [0.15, 0.2) is 11.6 Å². The Morgan fingerprint density at radius 3 is 1.71 bits per heavy atom. The fraction of sp³-hybridized carbons (Fsp3) is 0. The lowest BCUT2D eigenvalue weighted by Gasteiger charge is -2.06. The molecule has 0 amide bonds. The van der Waals surface area contributed by atoms with Gasteiger partial charge in [-0.1, -0.05) is 0 Å². The number of hydrogen-bond donors (Lipinski definition) is 0. The molecule has 0 aliphatic rings. The van der Waals surface area contributed by atoms with Gasteiger partial charge in [0, 0.05) is 48.3 Å². The first-order valence-corrected chi connectivity index (χ1v) is 7.27. The molecule has 0 saturated carbocycles. The summed E-state index contributed by atoms with van der Waals surface area (Å²) >= 11 is 0. The first kappa shape index (κ1) is 15.4. The van der Waals surface area contributed by atoms with E-state index in [9.17, 15) is 9.59 Å². The van der Waals surface area contributed by atoms with E-state index in [0.717, 1.165) is 5.56 Å². The van der Waals surface area contributed by atoms with Crippen LogP contribution < -0.4 is 0 Å². The third-order valence-corrected chi connectivity index (χ3v) is 3.35. The van der Waals surface area contributed by atoms with Gasteiger partial charge in [-0.25, -0.2) is 0 Å². The number of carbonyl (C=O) groups is 2. The molecule has 3 aromatic rings. The molecule has 0 spiro atoms. The molecule has 3 heterocycles. The van der Waals surface area contributed by atoms with Gasteiger partial charge in [0.25, 0.3) is 0 Å². The number of Topliss-reactive ketones (excluding diaryl/α,β-unsaturated/α-hetero) is 2. The molecule has 0 atom stereocenters. The van der Waals surface area contributed by atoms with E-state index in [-0.39, 0.29) is 17.1 Å². The van der Waals surface area contributed by atoms with Gasteiger partial charge in [0.05, 0.1) is 5.57 Å². The Hall–Kier alpha value is -3.47. The van der Waals surface area contributed by atoms with Crippen LogP contribution in [0.25, 0.3) is 6.08 Å². The molecule has 5 nitrogen and oxygen atoms in total. The number of ketones is 2. The third kappa shape index (κ3) is 3.47. The molecule has 3 aromatic heterocycles. The zero-order chi connectivity index (χ0) is 16.8. The second kappa shape index (κ2) is 7.19. The zero-order valence-corrected chi connectivity index (χ0v) is 12.7. The average Bonchev–Trinajstić information content (AvgIpc) is 2.67. The van der Waals surface area contributed by atoms with Gasteiger partial charge >= 0.3 is 0 Å². The highest BCUT2D eigenvalue weighted by Gasteiger charge is 2.21. The summed E-state index contributed by atoms with van der Waals surface area (Å²) < 4.78 is 0. The van der Waals surface area contributed by atoms with Gasteiger partial charge in [-0.3, -0.25) is 24.5 Å². The fourth-order valence-corrected chi connectivity index (χ4v) is 2.17. The number of hydrogen-bond acceptors (Lipinski definition) is 5. The Morgan fingerprint density at radius 2 is 1.25 bits per heavy atom. The van der Waals surface area contributed by atoms with E-state index in [4.69, 9.17) is 0 Å². The zero-order valence-electron chi connectivity index (χ0n) is 12.7. The minimum absolute atomic E-state index is 0.0576. The van der Waals surface area contributed by atoms with E-state index in [1.807, 2.05) is 0 Å². The van der Waals surface area contributed by atoms with Crippen molar-refractivity contribution in [1.29, 1.82) is 0 Å². The van der Waals surface area contributed by atoms with E-state index < -0.39 is 0 Å². The molecule has 0 aliphatic carbocycles. The molecular formula is C19H13N3O2. The lowest BCUT2D eigenvalue weighted by atomic mass is 9.95. The number of carbonyl (C=O) groups excluding carboxylic acids is 2. The fourth-order valence-electron chi connectivity index (χ4n) is 2.17. The molecular weight excluding hydrogens is 302 g/mol. The topological polar surface area (TPSA) is 72.8 Å². The maximum atomic E-state index is 12.8. The van der Waals surface area contributed by atoms with Crippen LogP contribution in [0.15, 0.2) is 79.2 Å². The molecule has 116 valence electrons. The summed E-state index contributed by atoms with van der Waals surface area (Å²) in [5.41, 5.74) is 1.49. The molecule has 0 aromatic carbocycles. The summed E-state index contributed by atoms with van der Waals surface area (Å²) in [5.74, 6) is -0.762. The highest BCUT2D eigenvalue weighted by atomic mass is 16.1. The lowest BCUT2D eigenvalue weighted by molar-refractivity contribution is 0.0964. The minimum Gasteiger partial charge on any atom is -0.288 e. The molecule has 0 aliphatic heterocycles. The quantitative estimate of drug-likeness (QED) is 0.313. The Balaban J connectivity index is 2.06. The van der Waals surface area contributed by atoms with E-state index in [0.29, 0.717) is 11.1 Å². The van der Waals surface area contributed by atoms with Crippen molar-refractivity contribution >= 4 is 17.6 Å². The minimum atomic E-state index is -0.381. The first-order chi connectivity index (χ1) is 11.8. The number of rotatable bonds is 5. The predicted octanol–water partition coefficient (Wildman–Crippen LogP) is 3.02. The van der Waals surface area contributed by atoms with Crippen molar-refractivity contribution in [3.8, 4) is 0 Å². The van der Waals surface area contributed by atoms with E-state index in [1.54, 1.807) is 67.3 Å². The standard InChI is InChI=1S/C19H13N3O2/c23-18(15-3-1-7-21-12-15)17(11-14-5-9-20-10-6-14)19(24)16-4-2-8-22-13-16/h1-13H. The van der Waals surface area contributed by atoms with Crippen LogP contribution in [0.2, 0.25) is 0 Å². The Morgan fingerprint density at radius 1 is 0.708 bits per heavy atom. The number of nitrogens with zero attached hydrogens (tertiary/aromatic N) is 3. The second-order valence-corrected chi connectivity index (χ2v) is 4.98. The molecule has 5 heteroatoms. The first-order valence-electron chi connectivity index (χ1n) is 7.27. The normalized spacial score (nSPS) is 10.0. The summed E-state index contributed by atoms with van der Waals surface area (Å²) in [6.07, 6.45) is 10.8. The van der Waals surface area contributed by atoms with Crippen LogP contribution in [0.3, 0.4) is 0 Å². The second-order valence-electron chi connectivity index (χ2n) is 4.98. The summed E-state index contributed by atoms with van der Waals surface area (Å²) in [5, 5.41) is 0. The molecule has 0 unspecified atom stereocenters. The summed E-state index contributed by atoms with van der Waals surface area (Å²) in [7, 11) is 0. The van der Waals surface area contributed by atoms with Gasteiger partial charge in [-0.05, 0) is 48.0 Å². The van der Waals surface area contributed by atoms with Crippen LogP contribution in [-0.2, 0) is 0 Å². The van der Waals surface area contributed by atoms with Crippen LogP contribution in [0, 0.1) is 0 Å². The lowest BCUT2D eigenvalue weighted by Crippen LogP contribution is -2.14. The smallest absolute Gasteiger partial charge is 0.198 e. The van der Waals surface area contributed by atoms with Crippen molar-refractivity contribution in [2.24, 2.45) is 0 Å². The number of pyridine rings is 3. The highest BCUT2D eigenvalue weighted by Crippen LogP contribution is 2.17. The number of aromatic nitrogens is 3. The molecule has 0 fully saturated rings. The van der Waals surface area contributed by atoms with Crippen LogP contribution in [0.5, 0.6) is 0 Å². The van der Waals surface area contributed by atoms with Crippen molar-refractivity contribution in [2.75, 3.05) is 0 Å². The van der Waals surface area contributed by atoms with E-state index in [2.05, 4.69) is 15.0 Å². The monoisotopic (exact) mass is 315 g/mol. The van der Waals surface area contributed by atoms with Crippen molar-refractivity contribution in [3.63, 3.8) is 0 Å². The molecule has 0 N–H and O–H groups in total. The van der Waals surface area contributed by atoms with Gasteiger partial charge in [-0.2, -0.15) is 0 Å². The van der Waals surface area contributed by atoms with Crippen molar-refractivity contribution in [3.05, 3.63) is 95.8 Å². The molecule has 0 bridgehead atoms. The maximum Gasteiger partial charge on any atom is 0.198 e. The van der Waals surface area contributed by atoms with Crippen molar-refractivity contribution < 1.29 is 9.59 Å². The Bertz CT molecular complexity index is 823. The van der Waals surface area contributed by atoms with E-state index >= 15 is 0 Å². The molecule has 0 saturated heterocycles. The Labute approximate surface area is 138 Å². The van der Waals surface area contributed by atoms with Gasteiger partial charge < -0.3 is 0 Å². The van der Waals surface area contributed by atoms with Crippen LogP contribution in [0.1, 0.15) is 26.3 Å². The third-order valence-electron chi connectivity index (χ3n) is 3.35. The van der Waals surface area contributed by atoms with Crippen molar-refractivity contribution in [1.82, 2.24) is 15.0 Å². The van der Waals surface area contributed by atoms with E-state index in [1.165, 1.54) is 12.4 Å². The van der Waals surface area contributed by atoms with Crippen LogP contribution >= 0.6 is 0 Å². The average molecular weight is 315 g/mol. The highest BCUT2D eigenvalue weighted by molar-refractivity contribution is 6.33. The number of allylic oxidation sites excluding steroid dienone is 1. The summed E-state index contributed by atoms with van der Waals surface area (Å²) in [6, 6.07) is 10.0. The van der Waals surface area contributed by atoms with Crippen molar-refractivity contribution in [2.45, 2.75) is 0 Å². The summed E-state index contributed by atoms with van der Waals surface area (Å²) in [6.45, 7) is 0. The summed E-state index contributed by atoms with van der Waals surface area (Å²) in [4.78, 5) is 37.4. The van der Waals surface area contributed by atoms with Gasteiger partial charge in [0.2, 0.25) is 0 Å². The van der Waals surface area contributed by atoms with Gasteiger partial charge in [-0.15, -0.1) is 0 Å². The van der Waals surface area contributed by atoms with Crippen LogP contribution in [0.4, 0.5) is 0 Å². The van der Waals surface area contributed by atoms with Crippen LogP contribution in [-0.4, -0.2) is 26.5 Å². The predicted molar refractivity (Wildman–Crippen MR) is 89.3 cm³/mol. The molecule has 0 radical (unpaired) electrons. The Kier molecular flexibility index (Phi) is 4.62. The SMILES string of the molecule is O=C(C(=Cc1ccncc1)C(=O)c1cccnc1)c1cccnc1. The molecule has 24 heavy (non-hydrogen) atoms. The van der Waals surface area contributed by atoms with Gasteiger partial charge in [0.1, 0.15) is 0 Å².